The molecule has 0 aliphatic rings. The molecule has 0 aliphatic carbocycles. The highest BCUT2D eigenvalue weighted by atomic mass is 32.2. The third-order valence-electron chi connectivity index (χ3n) is 2.12. The van der Waals surface area contributed by atoms with E-state index in [9.17, 15) is 13.5 Å². The Labute approximate surface area is 89.3 Å². The van der Waals surface area contributed by atoms with Crippen LogP contribution in [0.25, 0.3) is 0 Å². The topological polar surface area (TPSA) is 74.6 Å². The van der Waals surface area contributed by atoms with E-state index in [0.717, 1.165) is 24.8 Å². The first-order valence-corrected chi connectivity index (χ1v) is 6.18. The first kappa shape index (κ1) is 12.0. The fourth-order valence-corrected chi connectivity index (χ4v) is 1.93. The van der Waals surface area contributed by atoms with E-state index in [-0.39, 0.29) is 0 Å². The number of hydrogen-bond acceptors (Lipinski definition) is 3. The molecule has 0 spiro atoms. The van der Waals surface area contributed by atoms with Gasteiger partial charge in [0.15, 0.2) is 0 Å². The van der Waals surface area contributed by atoms with E-state index in [2.05, 4.69) is 0 Å². The van der Waals surface area contributed by atoms with Gasteiger partial charge in [0.1, 0.15) is 10.6 Å². The number of aryl methyl sites for hydroxylation is 1. The van der Waals surface area contributed by atoms with Crippen molar-refractivity contribution in [1.29, 1.82) is 0 Å². The fourth-order valence-electron chi connectivity index (χ4n) is 1.30. The van der Waals surface area contributed by atoms with Crippen molar-refractivity contribution in [2.24, 2.45) is 0 Å². The van der Waals surface area contributed by atoms with Crippen LogP contribution in [0.5, 0.6) is 5.75 Å². The second kappa shape index (κ2) is 4.63. The summed E-state index contributed by atoms with van der Waals surface area (Å²) >= 11 is 0. The van der Waals surface area contributed by atoms with Gasteiger partial charge in [0.2, 0.25) is 0 Å². The van der Waals surface area contributed by atoms with Crippen LogP contribution in [0.15, 0.2) is 23.1 Å². The molecule has 1 rings (SSSR count). The van der Waals surface area contributed by atoms with E-state index in [1.165, 1.54) is 12.1 Å². The molecule has 0 bridgehead atoms. The van der Waals surface area contributed by atoms with Gasteiger partial charge in [-0.1, -0.05) is 19.4 Å². The average molecular weight is 230 g/mol. The minimum absolute atomic E-state index is 0.419. The summed E-state index contributed by atoms with van der Waals surface area (Å²) in [6, 6.07) is 4.24. The quantitative estimate of drug-likeness (QED) is 0.775. The average Bonchev–Trinajstić information content (AvgIpc) is 2.15. The number of benzene rings is 1. The molecule has 0 saturated heterocycles. The van der Waals surface area contributed by atoms with E-state index in [0.29, 0.717) is 0 Å². The van der Waals surface area contributed by atoms with Gasteiger partial charge in [0, 0.05) is 0 Å². The van der Waals surface area contributed by atoms with Crippen molar-refractivity contribution in [1.82, 2.24) is 0 Å². The zero-order chi connectivity index (χ0) is 11.5. The van der Waals surface area contributed by atoms with Gasteiger partial charge in [0.25, 0.3) is 10.1 Å². The fraction of sp³-hybridized carbons (Fsp3) is 0.400. The number of phenols is 1. The van der Waals surface area contributed by atoms with Crippen molar-refractivity contribution in [2.45, 2.75) is 31.1 Å². The molecule has 1 aromatic carbocycles. The Morgan fingerprint density at radius 2 is 2.00 bits per heavy atom. The number of unbranched alkanes of at least 4 members (excludes halogenated alkanes) is 1. The molecule has 0 saturated carbocycles. The molecule has 5 heteroatoms. The maximum atomic E-state index is 10.9. The third-order valence-corrected chi connectivity index (χ3v) is 3.00. The predicted molar refractivity (Wildman–Crippen MR) is 56.5 cm³/mol. The second-order valence-corrected chi connectivity index (χ2v) is 4.77. The summed E-state index contributed by atoms with van der Waals surface area (Å²) < 4.78 is 30.6. The van der Waals surface area contributed by atoms with E-state index >= 15 is 0 Å². The first-order chi connectivity index (χ1) is 6.95. The molecule has 0 amide bonds. The SMILES string of the molecule is CCCCc1ccc(O)c(S(=O)(=O)O)c1. The second-order valence-electron chi connectivity index (χ2n) is 3.38. The van der Waals surface area contributed by atoms with E-state index < -0.39 is 20.8 Å². The molecule has 15 heavy (non-hydrogen) atoms. The van der Waals surface area contributed by atoms with Crippen molar-refractivity contribution in [3.8, 4) is 5.75 Å². The summed E-state index contributed by atoms with van der Waals surface area (Å²) in [5.74, 6) is -0.419. The van der Waals surface area contributed by atoms with Crippen LogP contribution < -0.4 is 0 Å². The molecular formula is C10H14O4S. The third kappa shape index (κ3) is 3.21. The lowest BCUT2D eigenvalue weighted by atomic mass is 10.1. The standard InChI is InChI=1S/C10H14O4S/c1-2-3-4-8-5-6-9(11)10(7-8)15(12,13)14/h5-7,11H,2-4H2,1H3,(H,12,13,14). The molecule has 2 N–H and O–H groups in total. The van der Waals surface area contributed by atoms with Gasteiger partial charge in [-0.25, -0.2) is 0 Å². The van der Waals surface area contributed by atoms with Crippen LogP contribution >= 0.6 is 0 Å². The van der Waals surface area contributed by atoms with Crippen molar-refractivity contribution in [3.05, 3.63) is 23.8 Å². The normalized spacial score (nSPS) is 11.6. The highest BCUT2D eigenvalue weighted by Gasteiger charge is 2.15. The largest absolute Gasteiger partial charge is 0.506 e. The van der Waals surface area contributed by atoms with Gasteiger partial charge in [0.05, 0.1) is 0 Å². The summed E-state index contributed by atoms with van der Waals surface area (Å²) in [6.07, 6.45) is 2.68. The van der Waals surface area contributed by atoms with Gasteiger partial charge in [-0.05, 0) is 30.5 Å². The van der Waals surface area contributed by atoms with E-state index in [1.807, 2.05) is 6.92 Å². The Bertz CT molecular complexity index is 437. The smallest absolute Gasteiger partial charge is 0.298 e. The molecule has 0 unspecified atom stereocenters. The molecule has 0 fully saturated rings. The monoisotopic (exact) mass is 230 g/mol. The summed E-state index contributed by atoms with van der Waals surface area (Å²) in [5, 5.41) is 9.26. The Hall–Kier alpha value is -1.07. The van der Waals surface area contributed by atoms with Gasteiger partial charge in [-0.3, -0.25) is 4.55 Å². The zero-order valence-corrected chi connectivity index (χ0v) is 9.29. The Morgan fingerprint density at radius 1 is 1.33 bits per heavy atom. The lowest BCUT2D eigenvalue weighted by molar-refractivity contribution is 0.443. The van der Waals surface area contributed by atoms with E-state index in [1.54, 1.807) is 6.07 Å². The van der Waals surface area contributed by atoms with Gasteiger partial charge in [-0.15, -0.1) is 0 Å². The minimum Gasteiger partial charge on any atom is -0.506 e. The highest BCUT2D eigenvalue weighted by molar-refractivity contribution is 7.86. The van der Waals surface area contributed by atoms with Gasteiger partial charge in [-0.2, -0.15) is 8.42 Å². The van der Waals surface area contributed by atoms with Crippen molar-refractivity contribution < 1.29 is 18.1 Å². The molecule has 0 aromatic heterocycles. The number of rotatable bonds is 4. The van der Waals surface area contributed by atoms with Crippen LogP contribution in [-0.4, -0.2) is 18.1 Å². The lowest BCUT2D eigenvalue weighted by Crippen LogP contribution is -1.99. The van der Waals surface area contributed by atoms with Gasteiger partial charge >= 0.3 is 0 Å². The molecule has 4 nitrogen and oxygen atoms in total. The van der Waals surface area contributed by atoms with Crippen LogP contribution in [0.4, 0.5) is 0 Å². The van der Waals surface area contributed by atoms with Crippen LogP contribution in [0.1, 0.15) is 25.3 Å². The van der Waals surface area contributed by atoms with Crippen LogP contribution in [0.2, 0.25) is 0 Å². The van der Waals surface area contributed by atoms with Gasteiger partial charge < -0.3 is 5.11 Å². The number of hydrogen-bond donors (Lipinski definition) is 2. The number of phenolic OH excluding ortho intramolecular Hbond substituents is 1. The predicted octanol–water partition coefficient (Wildman–Crippen LogP) is 1.98. The lowest BCUT2D eigenvalue weighted by Gasteiger charge is -2.04. The molecule has 84 valence electrons. The Balaban J connectivity index is 3.06. The first-order valence-electron chi connectivity index (χ1n) is 4.74. The van der Waals surface area contributed by atoms with Crippen LogP contribution in [0.3, 0.4) is 0 Å². The molecule has 0 aliphatic heterocycles. The van der Waals surface area contributed by atoms with Crippen molar-refractivity contribution in [3.63, 3.8) is 0 Å². The highest BCUT2D eigenvalue weighted by Crippen LogP contribution is 2.24. The summed E-state index contributed by atoms with van der Waals surface area (Å²) in [6.45, 7) is 2.03. The summed E-state index contributed by atoms with van der Waals surface area (Å²) in [5.41, 5.74) is 0.794. The van der Waals surface area contributed by atoms with Crippen LogP contribution in [-0.2, 0) is 16.5 Å². The minimum atomic E-state index is -4.33. The van der Waals surface area contributed by atoms with Crippen molar-refractivity contribution >= 4 is 10.1 Å². The number of aromatic hydroxyl groups is 1. The summed E-state index contributed by atoms with van der Waals surface area (Å²) in [7, 11) is -4.33. The molecule has 0 radical (unpaired) electrons. The zero-order valence-electron chi connectivity index (χ0n) is 8.47. The Morgan fingerprint density at radius 3 is 2.53 bits per heavy atom. The van der Waals surface area contributed by atoms with Crippen molar-refractivity contribution in [2.75, 3.05) is 0 Å². The molecular weight excluding hydrogens is 216 g/mol. The molecule has 0 heterocycles. The van der Waals surface area contributed by atoms with Crippen LogP contribution in [0, 0.1) is 0 Å². The molecule has 1 aromatic rings. The van der Waals surface area contributed by atoms with E-state index in [4.69, 9.17) is 4.55 Å². The summed E-state index contributed by atoms with van der Waals surface area (Å²) in [4.78, 5) is -0.420. The maximum absolute atomic E-state index is 10.9. The maximum Gasteiger partial charge on any atom is 0.298 e. The Kier molecular flexibility index (Phi) is 3.71. The molecule has 0 atom stereocenters.